The van der Waals surface area contributed by atoms with E-state index in [4.69, 9.17) is 0 Å². The number of hydrogen-bond acceptors (Lipinski definition) is 7. The van der Waals surface area contributed by atoms with Crippen molar-refractivity contribution in [1.29, 1.82) is 0 Å². The topological polar surface area (TPSA) is 145 Å². The Morgan fingerprint density at radius 2 is 1.87 bits per heavy atom. The van der Waals surface area contributed by atoms with Crippen LogP contribution in [0.15, 0.2) is 53.9 Å². The summed E-state index contributed by atoms with van der Waals surface area (Å²) in [5, 5.41) is 13.7. The van der Waals surface area contributed by atoms with Gasteiger partial charge in [0.1, 0.15) is 6.54 Å². The molecule has 0 spiro atoms. The minimum absolute atomic E-state index is 0.0732. The van der Waals surface area contributed by atoms with E-state index in [0.717, 1.165) is 23.6 Å². The number of carbonyl (C=O) groups excluding carboxylic acids is 2. The minimum Gasteiger partial charge on any atom is -0.455 e. The summed E-state index contributed by atoms with van der Waals surface area (Å²) in [5.74, 6) is -2.94. The van der Waals surface area contributed by atoms with E-state index >= 15 is 0 Å². The van der Waals surface area contributed by atoms with E-state index in [1.807, 2.05) is 4.72 Å². The summed E-state index contributed by atoms with van der Waals surface area (Å²) < 4.78 is 43.5. The Morgan fingerprint density at radius 3 is 2.53 bits per heavy atom. The molecule has 0 radical (unpaired) electrons. The van der Waals surface area contributed by atoms with Crippen molar-refractivity contribution in [2.75, 3.05) is 18.5 Å². The van der Waals surface area contributed by atoms with Gasteiger partial charge in [-0.1, -0.05) is 30.3 Å². The first kappa shape index (κ1) is 22.6. The molecule has 0 unspecified atom stereocenters. The van der Waals surface area contributed by atoms with Gasteiger partial charge in [-0.3, -0.25) is 19.7 Å². The minimum atomic E-state index is -3.91. The number of sulfonamides is 1. The van der Waals surface area contributed by atoms with Gasteiger partial charge in [0, 0.05) is 17.2 Å². The smallest absolute Gasteiger partial charge is 0.321 e. The van der Waals surface area contributed by atoms with Crippen molar-refractivity contribution in [3.63, 3.8) is 0 Å². The predicted octanol–water partition coefficient (Wildman–Crippen LogP) is 1.81. The first-order chi connectivity index (χ1) is 14.2. The Labute approximate surface area is 170 Å². The number of amides is 1. The van der Waals surface area contributed by atoms with E-state index in [1.54, 1.807) is 30.3 Å². The van der Waals surface area contributed by atoms with Gasteiger partial charge in [0.25, 0.3) is 5.91 Å². The van der Waals surface area contributed by atoms with Crippen LogP contribution in [0.3, 0.4) is 0 Å². The molecule has 158 valence electrons. The molecule has 0 saturated carbocycles. The van der Waals surface area contributed by atoms with Gasteiger partial charge in [-0.05, 0) is 23.8 Å². The molecule has 30 heavy (non-hydrogen) atoms. The van der Waals surface area contributed by atoms with Crippen LogP contribution in [0.5, 0.6) is 0 Å². The number of carbonyl (C=O) groups is 2. The second-order valence-electron chi connectivity index (χ2n) is 5.71. The van der Waals surface area contributed by atoms with Crippen molar-refractivity contribution in [1.82, 2.24) is 4.72 Å². The molecule has 0 aliphatic carbocycles. The van der Waals surface area contributed by atoms with Gasteiger partial charge in [0.05, 0.1) is 4.92 Å². The molecule has 2 rings (SSSR count). The molecule has 0 fully saturated rings. The van der Waals surface area contributed by atoms with Crippen LogP contribution in [0, 0.1) is 15.9 Å². The molecule has 10 nitrogen and oxygen atoms in total. The molecule has 2 aromatic rings. The van der Waals surface area contributed by atoms with Crippen LogP contribution in [-0.4, -0.2) is 38.4 Å². The summed E-state index contributed by atoms with van der Waals surface area (Å²) in [7, 11) is -3.91. The van der Waals surface area contributed by atoms with Crippen molar-refractivity contribution in [3.05, 3.63) is 75.4 Å². The first-order valence-corrected chi connectivity index (χ1v) is 9.83. The molecule has 0 heterocycles. The summed E-state index contributed by atoms with van der Waals surface area (Å²) >= 11 is 0. The van der Waals surface area contributed by atoms with Crippen molar-refractivity contribution in [2.24, 2.45) is 0 Å². The fraction of sp³-hybridized carbons (Fsp3) is 0.111. The molecule has 0 aromatic heterocycles. The van der Waals surface area contributed by atoms with Gasteiger partial charge < -0.3 is 10.1 Å². The van der Waals surface area contributed by atoms with Crippen molar-refractivity contribution in [3.8, 4) is 0 Å². The van der Waals surface area contributed by atoms with Gasteiger partial charge in [-0.15, -0.1) is 0 Å². The van der Waals surface area contributed by atoms with E-state index < -0.39 is 51.5 Å². The number of benzene rings is 2. The van der Waals surface area contributed by atoms with Crippen LogP contribution < -0.4 is 10.0 Å². The summed E-state index contributed by atoms with van der Waals surface area (Å²) in [6.45, 7) is -1.48. The molecule has 0 aliphatic heterocycles. The SMILES string of the molecule is O=C(COC(=O)CNS(=O)(=O)/C=C/c1ccccc1)Nc1ccc(F)c([N+](=O)[O-])c1. The average Bonchev–Trinajstić information content (AvgIpc) is 2.71. The number of nitro benzene ring substituents is 1. The van der Waals surface area contributed by atoms with Gasteiger partial charge in [-0.25, -0.2) is 13.1 Å². The zero-order valence-electron chi connectivity index (χ0n) is 15.3. The lowest BCUT2D eigenvalue weighted by atomic mass is 10.2. The quantitative estimate of drug-likeness (QED) is 0.346. The zero-order chi connectivity index (χ0) is 22.1. The maximum Gasteiger partial charge on any atom is 0.321 e. The maximum absolute atomic E-state index is 13.3. The fourth-order valence-corrected chi connectivity index (χ4v) is 2.82. The van der Waals surface area contributed by atoms with Crippen LogP contribution >= 0.6 is 0 Å². The van der Waals surface area contributed by atoms with Gasteiger partial charge >= 0.3 is 11.7 Å². The average molecular weight is 437 g/mol. The lowest BCUT2D eigenvalue weighted by molar-refractivity contribution is -0.387. The van der Waals surface area contributed by atoms with E-state index in [0.29, 0.717) is 5.56 Å². The monoisotopic (exact) mass is 437 g/mol. The summed E-state index contributed by atoms with van der Waals surface area (Å²) in [5.41, 5.74) is -0.262. The Hall–Kier alpha value is -3.64. The number of nitro groups is 1. The molecule has 2 N–H and O–H groups in total. The normalized spacial score (nSPS) is 11.2. The molecule has 12 heteroatoms. The highest BCUT2D eigenvalue weighted by atomic mass is 32.2. The molecule has 0 aliphatic rings. The van der Waals surface area contributed by atoms with Gasteiger partial charge in [-0.2, -0.15) is 4.39 Å². The first-order valence-electron chi connectivity index (χ1n) is 8.28. The number of nitrogens with zero attached hydrogens (tertiary/aromatic N) is 1. The number of hydrogen-bond donors (Lipinski definition) is 2. The standard InChI is InChI=1S/C18H16FN3O7S/c19-15-7-6-14(10-16(15)22(25)26)21-17(23)12-29-18(24)11-20-30(27,28)9-8-13-4-2-1-3-5-13/h1-10,20H,11-12H2,(H,21,23)/b9-8+. The molecule has 2 aromatic carbocycles. The highest BCUT2D eigenvalue weighted by Crippen LogP contribution is 2.21. The number of anilines is 1. The van der Waals surface area contributed by atoms with E-state index in [9.17, 15) is 32.5 Å². The van der Waals surface area contributed by atoms with E-state index in [-0.39, 0.29) is 5.69 Å². The highest BCUT2D eigenvalue weighted by Gasteiger charge is 2.16. The zero-order valence-corrected chi connectivity index (χ0v) is 16.1. The Morgan fingerprint density at radius 1 is 1.17 bits per heavy atom. The lowest BCUT2D eigenvalue weighted by Crippen LogP contribution is -2.31. The van der Waals surface area contributed by atoms with Crippen molar-refractivity contribution in [2.45, 2.75) is 0 Å². The summed E-state index contributed by atoms with van der Waals surface area (Å²) in [6, 6.07) is 11.3. The van der Waals surface area contributed by atoms with Crippen LogP contribution in [0.4, 0.5) is 15.8 Å². The molecule has 1 amide bonds. The molecule has 0 bridgehead atoms. The molecule has 0 atom stereocenters. The van der Waals surface area contributed by atoms with Crippen LogP contribution in [0.2, 0.25) is 0 Å². The number of halogens is 1. The van der Waals surface area contributed by atoms with E-state index in [2.05, 4.69) is 10.1 Å². The highest BCUT2D eigenvalue weighted by molar-refractivity contribution is 7.92. The Bertz CT molecular complexity index is 1070. The third kappa shape index (κ3) is 7.41. The fourth-order valence-electron chi connectivity index (χ4n) is 2.06. The predicted molar refractivity (Wildman–Crippen MR) is 105 cm³/mol. The molecular formula is C18H16FN3O7S. The third-order valence-corrected chi connectivity index (χ3v) is 4.49. The number of esters is 1. The molecule has 0 saturated heterocycles. The second-order valence-corrected chi connectivity index (χ2v) is 7.36. The maximum atomic E-state index is 13.3. The summed E-state index contributed by atoms with van der Waals surface area (Å²) in [4.78, 5) is 33.1. The van der Waals surface area contributed by atoms with Gasteiger partial charge in [0.15, 0.2) is 6.61 Å². The van der Waals surface area contributed by atoms with Gasteiger partial charge in [0.2, 0.25) is 15.8 Å². The largest absolute Gasteiger partial charge is 0.455 e. The van der Waals surface area contributed by atoms with Crippen LogP contribution in [0.25, 0.3) is 6.08 Å². The lowest BCUT2D eigenvalue weighted by Gasteiger charge is -2.07. The number of nitrogens with one attached hydrogen (secondary N) is 2. The number of ether oxygens (including phenoxy) is 1. The molecular weight excluding hydrogens is 421 g/mol. The van der Waals surface area contributed by atoms with Crippen LogP contribution in [0.1, 0.15) is 5.56 Å². The summed E-state index contributed by atoms with van der Waals surface area (Å²) in [6.07, 6.45) is 1.34. The van der Waals surface area contributed by atoms with Crippen molar-refractivity contribution >= 4 is 39.4 Å². The van der Waals surface area contributed by atoms with Crippen LogP contribution in [-0.2, 0) is 24.3 Å². The van der Waals surface area contributed by atoms with E-state index in [1.165, 1.54) is 6.08 Å². The Kier molecular flexibility index (Phi) is 7.72. The third-order valence-electron chi connectivity index (χ3n) is 3.45. The number of rotatable bonds is 9. The Balaban J connectivity index is 1.80. The van der Waals surface area contributed by atoms with Crippen molar-refractivity contribution < 1.29 is 32.1 Å². The second kappa shape index (κ2) is 10.2.